The summed E-state index contributed by atoms with van der Waals surface area (Å²) >= 11 is 1.20. The van der Waals surface area contributed by atoms with Crippen molar-refractivity contribution in [3.05, 3.63) is 92.9 Å². The van der Waals surface area contributed by atoms with Crippen LogP contribution in [-0.2, 0) is 14.2 Å². The van der Waals surface area contributed by atoms with E-state index in [2.05, 4.69) is 9.72 Å². The number of hydrogen-bond donors (Lipinski definition) is 0. The molecule has 2 aromatic carbocycles. The first-order chi connectivity index (χ1) is 20.9. The summed E-state index contributed by atoms with van der Waals surface area (Å²) in [7, 11) is 1.12. The summed E-state index contributed by atoms with van der Waals surface area (Å²) in [5.74, 6) is -2.89. The number of pyridine rings is 1. The van der Waals surface area contributed by atoms with Gasteiger partial charge in [0.2, 0.25) is 18.0 Å². The Bertz CT molecular complexity index is 1840. The Balaban J connectivity index is 1.49. The second kappa shape index (κ2) is 10.5. The molecule has 3 aliphatic rings. The van der Waals surface area contributed by atoms with Crippen LogP contribution < -0.4 is 15.2 Å². The second-order valence-corrected chi connectivity index (χ2v) is 10.7. The van der Waals surface area contributed by atoms with Crippen LogP contribution in [0, 0.1) is 11.6 Å². The zero-order chi connectivity index (χ0) is 29.8. The molecule has 4 heterocycles. The predicted molar refractivity (Wildman–Crippen MR) is 148 cm³/mol. The molecule has 2 aliphatic heterocycles. The van der Waals surface area contributed by atoms with E-state index in [9.17, 15) is 18.8 Å². The van der Waals surface area contributed by atoms with Gasteiger partial charge in [-0.25, -0.2) is 18.6 Å². The standard InChI is InChI=1S/C29H22F2N4O7S/c1-39-29(38)42-14-41-26-19(36)8-9-34-25(26)28(37)33-10-11-40-12-20(33)35(34)24-16-5-3-2-4-15(16)23-27(43-13-32-23)21-17(24)6-7-18(30)22(21)31/h2-9,13,20,24H,10-12,14H2,1H3. The van der Waals surface area contributed by atoms with E-state index in [1.54, 1.807) is 15.4 Å². The number of carbonyl (C=O) groups excluding carboxylic acids is 2. The average molecular weight is 609 g/mol. The maximum atomic E-state index is 15.8. The van der Waals surface area contributed by atoms with E-state index in [1.165, 1.54) is 34.3 Å². The van der Waals surface area contributed by atoms with Crippen molar-refractivity contribution in [3.63, 3.8) is 0 Å². The third kappa shape index (κ3) is 4.16. The molecular formula is C29H22F2N4O7S. The summed E-state index contributed by atoms with van der Waals surface area (Å²) in [6.07, 6.45) is -0.317. The molecule has 43 heavy (non-hydrogen) atoms. The molecule has 0 bridgehead atoms. The number of nitrogens with zero attached hydrogens (tertiary/aromatic N) is 4. The number of fused-ring (bicyclic) bond motifs is 7. The number of aromatic nitrogens is 2. The summed E-state index contributed by atoms with van der Waals surface area (Å²) in [6, 6.07) is 10.4. The average Bonchev–Trinajstić information content (AvgIpc) is 3.47. The van der Waals surface area contributed by atoms with E-state index < -0.39 is 48.1 Å². The Hall–Kier alpha value is -4.82. The van der Waals surface area contributed by atoms with E-state index >= 15 is 4.39 Å². The molecule has 1 saturated heterocycles. The summed E-state index contributed by atoms with van der Waals surface area (Å²) in [5.41, 5.74) is 3.23. The van der Waals surface area contributed by atoms with Crippen molar-refractivity contribution in [1.29, 1.82) is 0 Å². The third-order valence-electron chi connectivity index (χ3n) is 7.69. The van der Waals surface area contributed by atoms with Gasteiger partial charge in [-0.1, -0.05) is 30.3 Å². The highest BCUT2D eigenvalue weighted by atomic mass is 32.1. The Kier molecular flexibility index (Phi) is 6.58. The molecule has 1 amide bonds. The van der Waals surface area contributed by atoms with Gasteiger partial charge in [-0.05, 0) is 17.2 Å². The monoisotopic (exact) mass is 608 g/mol. The van der Waals surface area contributed by atoms with Crippen molar-refractivity contribution < 1.29 is 37.3 Å². The minimum atomic E-state index is -1.03. The van der Waals surface area contributed by atoms with Crippen molar-refractivity contribution >= 4 is 23.4 Å². The lowest BCUT2D eigenvalue weighted by molar-refractivity contribution is -0.0208. The molecule has 11 nitrogen and oxygen atoms in total. The Morgan fingerprint density at radius 1 is 1.14 bits per heavy atom. The largest absolute Gasteiger partial charge is 0.510 e. The van der Waals surface area contributed by atoms with Crippen LogP contribution in [0.5, 0.6) is 5.75 Å². The number of thiazole rings is 1. The van der Waals surface area contributed by atoms with Crippen LogP contribution in [0.4, 0.5) is 13.6 Å². The smallest absolute Gasteiger partial charge is 0.451 e. The maximum absolute atomic E-state index is 15.8. The second-order valence-electron chi connectivity index (χ2n) is 9.84. The maximum Gasteiger partial charge on any atom is 0.510 e. The van der Waals surface area contributed by atoms with Gasteiger partial charge in [0, 0.05) is 29.9 Å². The summed E-state index contributed by atoms with van der Waals surface area (Å²) in [5, 5.41) is 1.80. The Morgan fingerprint density at radius 3 is 2.81 bits per heavy atom. The summed E-state index contributed by atoms with van der Waals surface area (Å²) in [4.78, 5) is 45.1. The van der Waals surface area contributed by atoms with Crippen LogP contribution in [-0.4, -0.2) is 66.4 Å². The first kappa shape index (κ1) is 27.0. The van der Waals surface area contributed by atoms with E-state index in [1.807, 2.05) is 24.3 Å². The number of amides is 1. The zero-order valence-electron chi connectivity index (χ0n) is 22.5. The lowest BCUT2D eigenvalue weighted by Gasteiger charge is -2.51. The fourth-order valence-corrected chi connectivity index (χ4v) is 6.76. The lowest BCUT2D eigenvalue weighted by atomic mass is 9.92. The lowest BCUT2D eigenvalue weighted by Crippen LogP contribution is -2.66. The van der Waals surface area contributed by atoms with E-state index in [0.717, 1.165) is 13.2 Å². The van der Waals surface area contributed by atoms with Crippen LogP contribution in [0.15, 0.2) is 59.0 Å². The molecule has 0 radical (unpaired) electrons. The van der Waals surface area contributed by atoms with Gasteiger partial charge in [0.05, 0.1) is 42.4 Å². The molecule has 0 saturated carbocycles. The predicted octanol–water partition coefficient (Wildman–Crippen LogP) is 3.89. The van der Waals surface area contributed by atoms with Gasteiger partial charge in [0.15, 0.2) is 17.3 Å². The summed E-state index contributed by atoms with van der Waals surface area (Å²) in [6.45, 7) is -0.163. The molecule has 220 valence electrons. The van der Waals surface area contributed by atoms with Crippen LogP contribution in [0.1, 0.15) is 27.7 Å². The molecule has 2 aromatic heterocycles. The van der Waals surface area contributed by atoms with Crippen molar-refractivity contribution in [2.75, 3.05) is 38.7 Å². The van der Waals surface area contributed by atoms with Crippen molar-refractivity contribution in [2.24, 2.45) is 0 Å². The van der Waals surface area contributed by atoms with Gasteiger partial charge in [0.25, 0.3) is 5.91 Å². The number of methoxy groups -OCH3 is 1. The highest BCUT2D eigenvalue weighted by molar-refractivity contribution is 7.13. The molecule has 2 atom stereocenters. The molecule has 7 rings (SSSR count). The highest BCUT2D eigenvalue weighted by Gasteiger charge is 2.47. The molecule has 4 aromatic rings. The quantitative estimate of drug-likeness (QED) is 0.252. The van der Waals surface area contributed by atoms with Crippen molar-refractivity contribution in [1.82, 2.24) is 14.6 Å². The number of rotatable bonds is 4. The number of ether oxygens (including phenoxy) is 4. The van der Waals surface area contributed by atoms with Crippen molar-refractivity contribution in [2.45, 2.75) is 12.2 Å². The van der Waals surface area contributed by atoms with Gasteiger partial charge >= 0.3 is 6.16 Å². The van der Waals surface area contributed by atoms with Crippen LogP contribution >= 0.6 is 11.3 Å². The van der Waals surface area contributed by atoms with Gasteiger partial charge < -0.3 is 23.8 Å². The molecule has 0 spiro atoms. The fourth-order valence-electron chi connectivity index (χ4n) is 5.90. The highest BCUT2D eigenvalue weighted by Crippen LogP contribution is 2.50. The van der Waals surface area contributed by atoms with Gasteiger partial charge in [-0.15, -0.1) is 11.3 Å². The first-order valence-corrected chi connectivity index (χ1v) is 14.1. The minimum absolute atomic E-state index is 0.0597. The van der Waals surface area contributed by atoms with Crippen LogP contribution in [0.25, 0.3) is 21.7 Å². The molecule has 2 unspecified atom stereocenters. The summed E-state index contributed by atoms with van der Waals surface area (Å²) < 4.78 is 52.7. The first-order valence-electron chi connectivity index (χ1n) is 13.2. The zero-order valence-corrected chi connectivity index (χ0v) is 23.3. The van der Waals surface area contributed by atoms with E-state index in [4.69, 9.17) is 14.2 Å². The fraction of sp³-hybridized carbons (Fsp3) is 0.241. The molecule has 1 aliphatic carbocycles. The molecule has 14 heteroatoms. The Labute approximate surface area is 246 Å². The van der Waals surface area contributed by atoms with Gasteiger partial charge in [-0.3, -0.25) is 19.3 Å². The number of morpholine rings is 1. The van der Waals surface area contributed by atoms with Crippen LogP contribution in [0.3, 0.4) is 0 Å². The number of carbonyl (C=O) groups is 2. The van der Waals surface area contributed by atoms with Crippen molar-refractivity contribution in [3.8, 4) is 27.4 Å². The molecule has 1 fully saturated rings. The van der Waals surface area contributed by atoms with Gasteiger partial charge in [-0.2, -0.15) is 0 Å². The SMILES string of the molecule is COC(=O)OCOc1c2n(ccc1=O)N(C1c3ccccc3-c3ncsc3-c3c1ccc(F)c3F)C1COCCN1C2=O. The minimum Gasteiger partial charge on any atom is -0.451 e. The number of benzene rings is 2. The number of halogens is 2. The normalized spacial score (nSPS) is 18.4. The Morgan fingerprint density at radius 2 is 1.98 bits per heavy atom. The molecule has 0 N–H and O–H groups in total. The molecular weight excluding hydrogens is 586 g/mol. The third-order valence-corrected chi connectivity index (χ3v) is 8.54. The van der Waals surface area contributed by atoms with Gasteiger partial charge in [0.1, 0.15) is 6.17 Å². The van der Waals surface area contributed by atoms with E-state index in [-0.39, 0.29) is 36.8 Å². The number of hydrogen-bond acceptors (Lipinski definition) is 10. The topological polar surface area (TPSA) is 112 Å². The van der Waals surface area contributed by atoms with Crippen LogP contribution in [0.2, 0.25) is 0 Å². The van der Waals surface area contributed by atoms with E-state index in [0.29, 0.717) is 27.3 Å².